The highest BCUT2D eigenvalue weighted by Gasteiger charge is 2.18. The number of benzene rings is 5. The molecule has 402 valence electrons. The van der Waals surface area contributed by atoms with Crippen molar-refractivity contribution in [3.05, 3.63) is 142 Å². The molecule has 0 saturated carbocycles. The number of nitrogens with zero attached hydrogens (tertiary/aromatic N) is 4. The maximum atomic E-state index is 7.17. The molecule has 5 aromatic rings. The van der Waals surface area contributed by atoms with Crippen molar-refractivity contribution in [2.45, 2.75) is 42.6 Å². The van der Waals surface area contributed by atoms with Gasteiger partial charge in [-0.05, 0) is 40.5 Å². The third-order valence-corrected chi connectivity index (χ3v) is 14.5. The summed E-state index contributed by atoms with van der Waals surface area (Å²) >= 11 is 6.09. The highest BCUT2D eigenvalue weighted by atomic mass is 35.5. The highest BCUT2D eigenvalue weighted by Crippen LogP contribution is 2.29. The topological polar surface area (TPSA) is 236 Å². The fraction of sp³-hybridized carbons (Fsp3) is 0.333. The van der Waals surface area contributed by atoms with Gasteiger partial charge in [0, 0.05) is 77.5 Å². The zero-order valence-electron chi connectivity index (χ0n) is 42.5. The third-order valence-electron chi connectivity index (χ3n) is 11.0. The predicted octanol–water partition coefficient (Wildman–Crippen LogP) is 8.89. The number of rotatable bonds is 19. The van der Waals surface area contributed by atoms with Crippen molar-refractivity contribution >= 4 is 92.5 Å². The summed E-state index contributed by atoms with van der Waals surface area (Å²) in [5, 5.41) is 23.5. The predicted molar refractivity (Wildman–Crippen MR) is 315 cm³/mol. The van der Waals surface area contributed by atoms with Crippen molar-refractivity contribution in [3.8, 4) is 34.5 Å². The van der Waals surface area contributed by atoms with Crippen LogP contribution in [0.4, 0.5) is 0 Å². The number of nitrogens with one attached hydrogen (secondary N) is 4. The largest absolute Gasteiger partial charge is 0.497 e. The molecule has 0 amide bonds. The minimum absolute atomic E-state index is 0. The molecule has 5 aromatic carbocycles. The number of hydrogen-bond acceptors (Lipinski definition) is 19. The molecule has 0 atom stereocenters. The SMILES string of the molecule is COc1ccc(CN)c(OC)c1.COc1ccc(CN2CN=C(SCc3ccccc3CSC3=NCN(Cc4ccc(OC)cc4OC)CN3)NC2)c(OC)c1.Cl.Cl.N=C(N)SCc1ccccc1CSC(=N)N. The molecule has 2 aliphatic heterocycles. The minimum Gasteiger partial charge on any atom is -0.497 e. The number of aliphatic imine (C=N–C) groups is 2. The second-order valence-corrected chi connectivity index (χ2v) is 19.7. The van der Waals surface area contributed by atoms with Crippen LogP contribution in [-0.2, 0) is 42.6 Å². The van der Waals surface area contributed by atoms with Crippen molar-refractivity contribution in [2.75, 3.05) is 69.3 Å². The lowest BCUT2D eigenvalue weighted by Gasteiger charge is -2.27. The van der Waals surface area contributed by atoms with Crippen LogP contribution in [0, 0.1) is 10.8 Å². The van der Waals surface area contributed by atoms with Crippen LogP contribution >= 0.6 is 71.9 Å². The van der Waals surface area contributed by atoms with Gasteiger partial charge in [0.15, 0.2) is 20.7 Å². The van der Waals surface area contributed by atoms with Crippen molar-refractivity contribution in [1.82, 2.24) is 20.4 Å². The molecule has 0 aliphatic carbocycles. The van der Waals surface area contributed by atoms with E-state index in [-0.39, 0.29) is 35.1 Å². The van der Waals surface area contributed by atoms with Gasteiger partial charge in [-0.3, -0.25) is 20.6 Å². The van der Waals surface area contributed by atoms with Gasteiger partial charge < -0.3 is 56.3 Å². The van der Waals surface area contributed by atoms with Crippen LogP contribution in [-0.4, -0.2) is 99.8 Å². The number of hydrogen-bond donors (Lipinski definition) is 7. The van der Waals surface area contributed by atoms with E-state index in [9.17, 15) is 0 Å². The first-order chi connectivity index (χ1) is 35.0. The van der Waals surface area contributed by atoms with Gasteiger partial charge in [-0.25, -0.2) is 9.98 Å². The molecule has 0 fully saturated rings. The van der Waals surface area contributed by atoms with Gasteiger partial charge in [-0.15, -0.1) is 24.8 Å². The van der Waals surface area contributed by atoms with Crippen LogP contribution in [0.2, 0.25) is 0 Å². The fourth-order valence-electron chi connectivity index (χ4n) is 7.05. The molecule has 17 nitrogen and oxygen atoms in total. The van der Waals surface area contributed by atoms with E-state index in [1.807, 2.05) is 78.9 Å². The average molecular weight is 1130 g/mol. The Balaban J connectivity index is 0.000000393. The number of halogens is 2. The summed E-state index contributed by atoms with van der Waals surface area (Å²) in [5.41, 5.74) is 24.2. The Labute approximate surface area is 465 Å². The Kier molecular flexibility index (Phi) is 29.1. The van der Waals surface area contributed by atoms with Gasteiger partial charge in [0.1, 0.15) is 34.5 Å². The van der Waals surface area contributed by atoms with E-state index in [2.05, 4.69) is 44.7 Å². The monoisotopic (exact) mass is 1130 g/mol. The van der Waals surface area contributed by atoms with E-state index in [4.69, 9.17) is 66.4 Å². The lowest BCUT2D eigenvalue weighted by Crippen LogP contribution is -2.41. The fourth-order valence-corrected chi connectivity index (χ4v) is 10.0. The number of methoxy groups -OCH3 is 6. The normalized spacial score (nSPS) is 12.9. The summed E-state index contributed by atoms with van der Waals surface area (Å²) in [6.07, 6.45) is 0. The van der Waals surface area contributed by atoms with Crippen LogP contribution in [0.1, 0.15) is 38.9 Å². The van der Waals surface area contributed by atoms with E-state index in [0.29, 0.717) is 31.4 Å². The minimum atomic E-state index is 0. The van der Waals surface area contributed by atoms with Gasteiger partial charge in [-0.1, -0.05) is 114 Å². The Hall–Kier alpha value is -5.36. The lowest BCUT2D eigenvalue weighted by molar-refractivity contribution is 0.254. The van der Waals surface area contributed by atoms with E-state index < -0.39 is 0 Å². The second-order valence-electron chi connectivity index (χ2n) is 15.7. The average Bonchev–Trinajstić information content (AvgIpc) is 3.42. The standard InChI is InChI=1S/C32H40N6O4S2.C10H14N4S2.C9H13NO2.2ClH/c1-39-27-11-9-23(29(13-27)41-3)15-37-19-33-31(34-20-37)43-17-25-7-5-6-8-26(25)18-44-32-35-21-38(22-36-32)16-24-10-12-28(40-2)14-30(24)42-4;11-9(12)15-5-7-3-1-2-4-8(7)6-16-10(13)14;1-11-8-4-3-7(6-10)9(5-8)12-2;;/h5-14H,15-22H2,1-4H3,(H,33,34)(H,35,36);1-4H,5-6H2,(H3,11,12)(H3,13,14);3-5H,6,10H2,1-2H3;2*1H. The molecule has 0 spiro atoms. The molecule has 0 bridgehead atoms. The zero-order valence-corrected chi connectivity index (χ0v) is 47.4. The second kappa shape index (κ2) is 34.3. The Morgan fingerprint density at radius 1 is 0.500 bits per heavy atom. The maximum absolute atomic E-state index is 7.17. The molecule has 74 heavy (non-hydrogen) atoms. The van der Waals surface area contributed by atoms with Crippen LogP contribution in [0.15, 0.2) is 113 Å². The van der Waals surface area contributed by atoms with Gasteiger partial charge >= 0.3 is 0 Å². The Morgan fingerprint density at radius 2 is 0.838 bits per heavy atom. The quantitative estimate of drug-likeness (QED) is 0.0302. The van der Waals surface area contributed by atoms with E-state index in [0.717, 1.165) is 111 Å². The summed E-state index contributed by atoms with van der Waals surface area (Å²) in [7, 11) is 9.93. The smallest absolute Gasteiger partial charge is 0.159 e. The Bertz CT molecular complexity index is 2460. The van der Waals surface area contributed by atoms with Gasteiger partial charge in [0.05, 0.1) is 69.3 Å². The van der Waals surface area contributed by atoms with Crippen molar-refractivity contribution in [3.63, 3.8) is 0 Å². The molecule has 0 radical (unpaired) electrons. The molecule has 10 N–H and O–H groups in total. The summed E-state index contributed by atoms with van der Waals surface area (Å²) in [6.45, 7) is 4.69. The van der Waals surface area contributed by atoms with Gasteiger partial charge in [0.25, 0.3) is 0 Å². The highest BCUT2D eigenvalue weighted by molar-refractivity contribution is 8.14. The first kappa shape index (κ1) is 62.9. The number of thioether (sulfide) groups is 4. The number of nitrogens with two attached hydrogens (primary N) is 3. The van der Waals surface area contributed by atoms with E-state index in [1.54, 1.807) is 66.2 Å². The summed E-state index contributed by atoms with van der Waals surface area (Å²) in [6, 6.07) is 34.0. The number of ether oxygens (including phenoxy) is 6. The summed E-state index contributed by atoms with van der Waals surface area (Å²) < 4.78 is 31.9. The molecule has 2 heterocycles. The van der Waals surface area contributed by atoms with E-state index in [1.165, 1.54) is 34.7 Å². The summed E-state index contributed by atoms with van der Waals surface area (Å²) in [4.78, 5) is 14.1. The van der Waals surface area contributed by atoms with Crippen molar-refractivity contribution in [2.24, 2.45) is 27.2 Å². The van der Waals surface area contributed by atoms with Gasteiger partial charge in [-0.2, -0.15) is 0 Å². The molecule has 2 aliphatic rings. The molecule has 0 aromatic heterocycles. The lowest BCUT2D eigenvalue weighted by atomic mass is 10.1. The third kappa shape index (κ3) is 20.7. The van der Waals surface area contributed by atoms with Crippen LogP contribution in [0.5, 0.6) is 34.5 Å². The summed E-state index contributed by atoms with van der Waals surface area (Å²) in [5.74, 6) is 7.85. The van der Waals surface area contributed by atoms with Crippen molar-refractivity contribution < 1.29 is 28.4 Å². The molecular weight excluding hydrogens is 1060 g/mol. The molecule has 7 rings (SSSR count). The number of amidine groups is 4. The Morgan fingerprint density at radius 3 is 1.14 bits per heavy atom. The molecule has 0 saturated heterocycles. The molecule has 23 heteroatoms. The zero-order chi connectivity index (χ0) is 51.7. The van der Waals surface area contributed by atoms with Crippen LogP contribution < -0.4 is 56.3 Å². The first-order valence-electron chi connectivity index (χ1n) is 22.7. The maximum Gasteiger partial charge on any atom is 0.159 e. The molecular formula is C51H69Cl2N11O6S4. The van der Waals surface area contributed by atoms with Crippen molar-refractivity contribution in [1.29, 1.82) is 10.8 Å². The van der Waals surface area contributed by atoms with Gasteiger partial charge in [0.2, 0.25) is 0 Å². The first-order valence-corrected chi connectivity index (χ1v) is 26.6. The molecule has 0 unspecified atom stereocenters. The van der Waals surface area contributed by atoms with Crippen LogP contribution in [0.25, 0.3) is 0 Å². The van der Waals surface area contributed by atoms with E-state index >= 15 is 0 Å². The van der Waals surface area contributed by atoms with Crippen LogP contribution in [0.3, 0.4) is 0 Å².